The molecule has 6 nitrogen and oxygen atoms in total. The number of nitrogens with zero attached hydrogens (tertiary/aromatic N) is 2. The van der Waals surface area contributed by atoms with E-state index in [1.807, 2.05) is 63.4 Å². The zero-order valence-electron chi connectivity index (χ0n) is 21.3. The summed E-state index contributed by atoms with van der Waals surface area (Å²) in [7, 11) is 1.41. The normalized spacial score (nSPS) is 14.4. The van der Waals surface area contributed by atoms with E-state index in [4.69, 9.17) is 15.5 Å². The van der Waals surface area contributed by atoms with Crippen molar-refractivity contribution in [2.75, 3.05) is 13.7 Å². The first-order chi connectivity index (χ1) is 16.6. The first-order valence-electron chi connectivity index (χ1n) is 12.0. The van der Waals surface area contributed by atoms with Gasteiger partial charge in [-0.25, -0.2) is 9.37 Å². The van der Waals surface area contributed by atoms with Crippen molar-refractivity contribution >= 4 is 5.91 Å². The van der Waals surface area contributed by atoms with Crippen LogP contribution in [0.15, 0.2) is 60.8 Å². The Morgan fingerprint density at radius 2 is 1.89 bits per heavy atom. The maximum absolute atomic E-state index is 14.0. The zero-order valence-corrected chi connectivity index (χ0v) is 21.3. The lowest BCUT2D eigenvalue weighted by Gasteiger charge is -2.32. The Bertz CT molecular complexity index is 1110. The predicted molar refractivity (Wildman–Crippen MR) is 138 cm³/mol. The molecule has 3 N–H and O–H groups in total. The van der Waals surface area contributed by atoms with E-state index in [-0.39, 0.29) is 24.3 Å². The molecule has 3 aromatic rings. The fraction of sp³-hybridized carbons (Fsp3) is 0.429. The molecule has 3 atom stereocenters. The summed E-state index contributed by atoms with van der Waals surface area (Å²) < 4.78 is 21.4. The molecule has 3 rings (SSSR count). The molecule has 0 aliphatic carbocycles. The number of rotatable bonds is 10. The molecule has 1 unspecified atom stereocenters. The van der Waals surface area contributed by atoms with E-state index in [9.17, 15) is 9.18 Å². The maximum atomic E-state index is 14.0. The lowest BCUT2D eigenvalue weighted by atomic mass is 9.85. The summed E-state index contributed by atoms with van der Waals surface area (Å²) in [4.78, 5) is 18.2. The van der Waals surface area contributed by atoms with Crippen LogP contribution in [0.1, 0.15) is 50.2 Å². The summed E-state index contributed by atoms with van der Waals surface area (Å²) in [5, 5.41) is 3.10. The number of carbonyl (C=O) groups is 1. The zero-order chi connectivity index (χ0) is 25.6. The molecule has 35 heavy (non-hydrogen) atoms. The van der Waals surface area contributed by atoms with E-state index < -0.39 is 18.3 Å². The minimum atomic E-state index is -1.31. The third-order valence-corrected chi connectivity index (χ3v) is 6.03. The van der Waals surface area contributed by atoms with Gasteiger partial charge in [-0.05, 0) is 17.9 Å². The van der Waals surface area contributed by atoms with Crippen LogP contribution in [0.5, 0.6) is 0 Å². The van der Waals surface area contributed by atoms with Crippen molar-refractivity contribution in [1.29, 1.82) is 0 Å². The van der Waals surface area contributed by atoms with Crippen molar-refractivity contribution in [3.05, 3.63) is 77.7 Å². The van der Waals surface area contributed by atoms with Gasteiger partial charge in [-0.2, -0.15) is 0 Å². The van der Waals surface area contributed by atoms with E-state index >= 15 is 0 Å². The minimum Gasteiger partial charge on any atom is -0.372 e. The monoisotopic (exact) mass is 480 g/mol. The molecule has 0 aliphatic rings. The van der Waals surface area contributed by atoms with Gasteiger partial charge in [0.1, 0.15) is 18.1 Å². The molecule has 1 heterocycles. The summed E-state index contributed by atoms with van der Waals surface area (Å²) >= 11 is 0. The molecule has 1 amide bonds. The van der Waals surface area contributed by atoms with Crippen LogP contribution in [0.3, 0.4) is 0 Å². The van der Waals surface area contributed by atoms with Gasteiger partial charge in [0, 0.05) is 38.4 Å². The number of carbonyl (C=O) groups excluding carboxylic acids is 1. The molecule has 1 aromatic heterocycles. The van der Waals surface area contributed by atoms with Crippen LogP contribution >= 0.6 is 0 Å². The van der Waals surface area contributed by atoms with E-state index in [1.165, 1.54) is 12.7 Å². The Morgan fingerprint density at radius 3 is 2.49 bits per heavy atom. The van der Waals surface area contributed by atoms with Crippen molar-refractivity contribution in [2.24, 2.45) is 11.1 Å². The molecular formula is C28H37FN4O2. The highest BCUT2D eigenvalue weighted by atomic mass is 19.1. The summed E-state index contributed by atoms with van der Waals surface area (Å²) in [5.41, 5.74) is 9.19. The Kier molecular flexibility index (Phi) is 8.81. The summed E-state index contributed by atoms with van der Waals surface area (Å²) in [6.45, 7) is 8.66. The summed E-state index contributed by atoms with van der Waals surface area (Å²) in [6.07, 6.45) is -0.320. The Hall–Kier alpha value is -3.03. The number of alkyl halides is 1. The van der Waals surface area contributed by atoms with E-state index in [0.29, 0.717) is 6.54 Å². The standard InChI is InChI=1S/C28H37FN4O2/c1-19-10-9-11-20(14-19)17-33-18-23(21-12-7-6-8-13-21)31-26(33)25(28(2,3)4)32-27(34)24(35-5)15-22(29)16-30/h6-14,18,22,24-25H,15-17,30H2,1-5H3,(H,32,34)/t22-,24?,25+/m1/s1. The van der Waals surface area contributed by atoms with Crippen molar-refractivity contribution in [3.63, 3.8) is 0 Å². The van der Waals surface area contributed by atoms with Gasteiger partial charge in [0.05, 0.1) is 11.7 Å². The first-order valence-corrected chi connectivity index (χ1v) is 12.0. The second kappa shape index (κ2) is 11.6. The number of imidazole rings is 1. The van der Waals surface area contributed by atoms with E-state index in [2.05, 4.69) is 35.0 Å². The topological polar surface area (TPSA) is 82.2 Å². The Balaban J connectivity index is 2.02. The molecule has 0 aliphatic heterocycles. The van der Waals surface area contributed by atoms with Crippen LogP contribution in [0.25, 0.3) is 11.3 Å². The van der Waals surface area contributed by atoms with Gasteiger partial charge in [-0.3, -0.25) is 4.79 Å². The number of hydrogen-bond acceptors (Lipinski definition) is 4. The number of hydrogen-bond donors (Lipinski definition) is 2. The molecule has 188 valence electrons. The van der Waals surface area contributed by atoms with Gasteiger partial charge >= 0.3 is 0 Å². The third kappa shape index (κ3) is 6.99. The van der Waals surface area contributed by atoms with Crippen molar-refractivity contribution in [3.8, 4) is 11.3 Å². The highest BCUT2D eigenvalue weighted by Crippen LogP contribution is 2.34. The van der Waals surface area contributed by atoms with Crippen LogP contribution in [0, 0.1) is 12.3 Å². The maximum Gasteiger partial charge on any atom is 0.249 e. The fourth-order valence-electron chi connectivity index (χ4n) is 4.08. The number of nitrogens with one attached hydrogen (secondary N) is 1. The quantitative estimate of drug-likeness (QED) is 0.436. The molecular weight excluding hydrogens is 443 g/mol. The SMILES string of the molecule is COC(C[C@@H](F)CN)C(=O)N[C@@H](c1nc(-c2ccccc2)cn1Cc1cccc(C)c1)C(C)(C)C. The lowest BCUT2D eigenvalue weighted by molar-refractivity contribution is -0.134. The minimum absolute atomic E-state index is 0.0945. The summed E-state index contributed by atoms with van der Waals surface area (Å²) in [6, 6.07) is 17.8. The molecule has 0 radical (unpaired) electrons. The second-order valence-electron chi connectivity index (χ2n) is 10.1. The average molecular weight is 481 g/mol. The largest absolute Gasteiger partial charge is 0.372 e. The predicted octanol–water partition coefficient (Wildman–Crippen LogP) is 4.81. The van der Waals surface area contributed by atoms with Crippen molar-refractivity contribution in [1.82, 2.24) is 14.9 Å². The number of aromatic nitrogens is 2. The van der Waals surface area contributed by atoms with Crippen LogP contribution in [-0.2, 0) is 16.1 Å². The number of benzene rings is 2. The summed E-state index contributed by atoms with van der Waals surface area (Å²) in [5.74, 6) is 0.353. The van der Waals surface area contributed by atoms with Crippen LogP contribution < -0.4 is 11.1 Å². The van der Waals surface area contributed by atoms with Gasteiger partial charge < -0.3 is 20.4 Å². The molecule has 0 fully saturated rings. The molecule has 0 saturated carbocycles. The Labute approximate surface area is 207 Å². The first kappa shape index (κ1) is 26.6. The van der Waals surface area contributed by atoms with Gasteiger partial charge in [0.25, 0.3) is 0 Å². The van der Waals surface area contributed by atoms with Gasteiger partial charge in [0.2, 0.25) is 5.91 Å². The second-order valence-corrected chi connectivity index (χ2v) is 10.1. The number of amides is 1. The van der Waals surface area contributed by atoms with Crippen LogP contribution in [-0.4, -0.2) is 41.4 Å². The molecule has 0 saturated heterocycles. The van der Waals surface area contributed by atoms with Crippen LogP contribution in [0.2, 0.25) is 0 Å². The van der Waals surface area contributed by atoms with Crippen molar-refractivity contribution in [2.45, 2.75) is 59.0 Å². The lowest BCUT2D eigenvalue weighted by Crippen LogP contribution is -2.45. The number of nitrogens with two attached hydrogens (primary N) is 1. The number of aryl methyl sites for hydroxylation is 1. The van der Waals surface area contributed by atoms with Gasteiger partial charge in [0.15, 0.2) is 0 Å². The molecule has 7 heteroatoms. The van der Waals surface area contributed by atoms with E-state index in [0.717, 1.165) is 22.6 Å². The molecule has 0 spiro atoms. The van der Waals surface area contributed by atoms with Gasteiger partial charge in [-0.15, -0.1) is 0 Å². The Morgan fingerprint density at radius 1 is 1.17 bits per heavy atom. The number of halogens is 1. The average Bonchev–Trinajstić information content (AvgIpc) is 3.23. The highest BCUT2D eigenvalue weighted by molar-refractivity contribution is 5.81. The molecule has 2 aromatic carbocycles. The fourth-order valence-corrected chi connectivity index (χ4v) is 4.08. The van der Waals surface area contributed by atoms with E-state index in [1.54, 1.807) is 0 Å². The highest BCUT2D eigenvalue weighted by Gasteiger charge is 2.34. The number of methoxy groups -OCH3 is 1. The molecule has 0 bridgehead atoms. The van der Waals surface area contributed by atoms with Crippen LogP contribution in [0.4, 0.5) is 4.39 Å². The van der Waals surface area contributed by atoms with Crippen molar-refractivity contribution < 1.29 is 13.9 Å². The van der Waals surface area contributed by atoms with Gasteiger partial charge in [-0.1, -0.05) is 80.9 Å². The number of ether oxygens (including phenoxy) is 1. The smallest absolute Gasteiger partial charge is 0.249 e. The third-order valence-electron chi connectivity index (χ3n) is 6.03.